The highest BCUT2D eigenvalue weighted by molar-refractivity contribution is 6.02. The highest BCUT2D eigenvalue weighted by atomic mass is 16.6. The molecule has 0 amide bonds. The predicted molar refractivity (Wildman–Crippen MR) is 95.1 cm³/mol. The van der Waals surface area contributed by atoms with Crippen molar-refractivity contribution in [2.24, 2.45) is 0 Å². The summed E-state index contributed by atoms with van der Waals surface area (Å²) in [6, 6.07) is 1.39. The van der Waals surface area contributed by atoms with Crippen LogP contribution >= 0.6 is 0 Å². The lowest BCUT2D eigenvalue weighted by Crippen LogP contribution is -2.61. The van der Waals surface area contributed by atoms with E-state index in [4.69, 9.17) is 14.2 Å². The van der Waals surface area contributed by atoms with Crippen LogP contribution in [0.3, 0.4) is 0 Å². The number of aliphatic hydroxyl groups excluding tert-OH is 2. The van der Waals surface area contributed by atoms with E-state index >= 15 is 0 Å². The number of aliphatic hydroxyl groups is 2. The fourth-order valence-corrected chi connectivity index (χ4v) is 3.08. The first-order valence-electron chi connectivity index (χ1n) is 8.26. The molecule has 0 saturated carbocycles. The van der Waals surface area contributed by atoms with E-state index < -0.39 is 35.3 Å². The molecule has 3 N–H and O–H groups in total. The monoisotopic (exact) mass is 380 g/mol. The van der Waals surface area contributed by atoms with Crippen LogP contribution in [0.1, 0.15) is 35.3 Å². The van der Waals surface area contributed by atoms with Crippen molar-refractivity contribution in [3.63, 3.8) is 0 Å². The van der Waals surface area contributed by atoms with E-state index in [1.807, 2.05) is 0 Å². The maximum Gasteiger partial charge on any atom is 0.341 e. The standard InChI is InChI=1S/C19H24O8/c1-8-7-11(20)9(2)15(12(8)18(24)25-5)27-17-14(22)10(3)13(21)16(23)19(17,4)26-6/h7,16-17,20-21,23H,1-6H3/t16-,17+,19+/m1/s1. The van der Waals surface area contributed by atoms with Gasteiger partial charge in [0, 0.05) is 18.2 Å². The zero-order valence-electron chi connectivity index (χ0n) is 16.1. The number of ketones is 1. The van der Waals surface area contributed by atoms with Crippen LogP contribution in [0, 0.1) is 13.8 Å². The van der Waals surface area contributed by atoms with Gasteiger partial charge in [-0.25, -0.2) is 4.79 Å². The fraction of sp³-hybridized carbons (Fsp3) is 0.474. The molecule has 0 unspecified atom stereocenters. The van der Waals surface area contributed by atoms with E-state index in [-0.39, 0.29) is 28.2 Å². The molecule has 0 radical (unpaired) electrons. The Hall–Kier alpha value is -2.58. The quantitative estimate of drug-likeness (QED) is 0.675. The predicted octanol–water partition coefficient (Wildman–Crippen LogP) is 1.72. The molecule has 8 heteroatoms. The minimum Gasteiger partial charge on any atom is -0.509 e. The van der Waals surface area contributed by atoms with Gasteiger partial charge in [0.1, 0.15) is 34.5 Å². The number of Topliss-reactive ketones (excluding diaryl/α,β-unsaturated/α-hetero) is 1. The number of carbonyl (C=O) groups is 2. The molecule has 2 rings (SSSR count). The molecular formula is C19H24O8. The van der Waals surface area contributed by atoms with Crippen molar-refractivity contribution in [2.45, 2.75) is 45.5 Å². The first kappa shape index (κ1) is 20.7. The normalized spacial score (nSPS) is 25.5. The molecule has 1 aromatic rings. The lowest BCUT2D eigenvalue weighted by molar-refractivity contribution is -0.165. The number of hydrogen-bond donors (Lipinski definition) is 3. The summed E-state index contributed by atoms with van der Waals surface area (Å²) in [7, 11) is 2.47. The van der Waals surface area contributed by atoms with Crippen molar-refractivity contribution >= 4 is 11.8 Å². The molecule has 148 valence electrons. The van der Waals surface area contributed by atoms with Gasteiger partial charge in [-0.05, 0) is 39.3 Å². The zero-order valence-corrected chi connectivity index (χ0v) is 16.1. The molecule has 0 heterocycles. The van der Waals surface area contributed by atoms with E-state index in [2.05, 4.69) is 0 Å². The molecule has 0 saturated heterocycles. The Morgan fingerprint density at radius 1 is 1.19 bits per heavy atom. The lowest BCUT2D eigenvalue weighted by Gasteiger charge is -2.42. The first-order chi connectivity index (χ1) is 12.5. The third kappa shape index (κ3) is 3.15. The molecule has 1 aliphatic carbocycles. The minimum atomic E-state index is -1.63. The second-order valence-electron chi connectivity index (χ2n) is 6.70. The molecule has 27 heavy (non-hydrogen) atoms. The Labute approximate surface area is 157 Å². The Balaban J connectivity index is 2.68. The lowest BCUT2D eigenvalue weighted by atomic mass is 9.79. The first-order valence-corrected chi connectivity index (χ1v) is 8.26. The van der Waals surface area contributed by atoms with Crippen LogP contribution in [-0.2, 0) is 14.3 Å². The Bertz CT molecular complexity index is 825. The van der Waals surface area contributed by atoms with Crippen molar-refractivity contribution in [1.29, 1.82) is 0 Å². The van der Waals surface area contributed by atoms with Crippen LogP contribution in [0.2, 0.25) is 0 Å². The largest absolute Gasteiger partial charge is 0.509 e. The number of phenolic OH excluding ortho intramolecular Hbond substituents is 1. The maximum absolute atomic E-state index is 12.8. The summed E-state index contributed by atoms with van der Waals surface area (Å²) < 4.78 is 16.0. The van der Waals surface area contributed by atoms with E-state index in [1.54, 1.807) is 6.92 Å². The van der Waals surface area contributed by atoms with Gasteiger partial charge in [-0.15, -0.1) is 0 Å². The summed E-state index contributed by atoms with van der Waals surface area (Å²) >= 11 is 0. The van der Waals surface area contributed by atoms with Gasteiger partial charge in [0.05, 0.1) is 7.11 Å². The van der Waals surface area contributed by atoms with Crippen LogP contribution < -0.4 is 4.74 Å². The van der Waals surface area contributed by atoms with Crippen LogP contribution in [0.5, 0.6) is 11.5 Å². The number of esters is 1. The number of aromatic hydroxyl groups is 1. The van der Waals surface area contributed by atoms with E-state index in [0.717, 1.165) is 0 Å². The van der Waals surface area contributed by atoms with E-state index in [9.17, 15) is 24.9 Å². The van der Waals surface area contributed by atoms with Gasteiger partial charge >= 0.3 is 5.97 Å². The number of benzene rings is 1. The Kier molecular flexibility index (Phi) is 5.53. The summed E-state index contributed by atoms with van der Waals surface area (Å²) in [5.41, 5.74) is -1.04. The topological polar surface area (TPSA) is 123 Å². The highest BCUT2D eigenvalue weighted by Gasteiger charge is 2.54. The maximum atomic E-state index is 12.8. The number of ether oxygens (including phenoxy) is 3. The number of aryl methyl sites for hydroxylation is 1. The average molecular weight is 380 g/mol. The van der Waals surface area contributed by atoms with Crippen LogP contribution in [0.4, 0.5) is 0 Å². The third-order valence-corrected chi connectivity index (χ3v) is 5.08. The van der Waals surface area contributed by atoms with Gasteiger partial charge in [-0.2, -0.15) is 0 Å². The summed E-state index contributed by atoms with van der Waals surface area (Å²) in [4.78, 5) is 25.0. The molecule has 1 aliphatic rings. The average Bonchev–Trinajstić information content (AvgIpc) is 2.65. The number of methoxy groups -OCH3 is 2. The van der Waals surface area contributed by atoms with Gasteiger partial charge in [0.25, 0.3) is 0 Å². The molecule has 1 aromatic carbocycles. The second kappa shape index (κ2) is 7.21. The second-order valence-corrected chi connectivity index (χ2v) is 6.70. The zero-order chi connectivity index (χ0) is 20.7. The van der Waals surface area contributed by atoms with Gasteiger partial charge in [-0.3, -0.25) is 4.79 Å². The van der Waals surface area contributed by atoms with Crippen molar-refractivity contribution in [3.05, 3.63) is 34.1 Å². The molecule has 0 aromatic heterocycles. The van der Waals surface area contributed by atoms with Crippen LogP contribution in [-0.4, -0.2) is 59.1 Å². The third-order valence-electron chi connectivity index (χ3n) is 5.08. The van der Waals surface area contributed by atoms with Crippen molar-refractivity contribution in [3.8, 4) is 11.5 Å². The van der Waals surface area contributed by atoms with Crippen LogP contribution in [0.15, 0.2) is 17.4 Å². The minimum absolute atomic E-state index is 0.0463. The number of carbonyl (C=O) groups excluding carboxylic acids is 2. The van der Waals surface area contributed by atoms with Gasteiger partial charge < -0.3 is 29.5 Å². The molecule has 3 atom stereocenters. The Morgan fingerprint density at radius 2 is 1.78 bits per heavy atom. The number of rotatable bonds is 4. The molecular weight excluding hydrogens is 356 g/mol. The Morgan fingerprint density at radius 3 is 2.30 bits per heavy atom. The molecule has 0 fully saturated rings. The van der Waals surface area contributed by atoms with E-state index in [0.29, 0.717) is 5.56 Å². The van der Waals surface area contributed by atoms with Crippen LogP contribution in [0.25, 0.3) is 0 Å². The summed E-state index contributed by atoms with van der Waals surface area (Å²) in [5.74, 6) is -2.00. The van der Waals surface area contributed by atoms with Crippen molar-refractivity contribution in [2.75, 3.05) is 14.2 Å². The van der Waals surface area contributed by atoms with Gasteiger partial charge in [-0.1, -0.05) is 0 Å². The van der Waals surface area contributed by atoms with Crippen molar-refractivity contribution < 1.29 is 39.1 Å². The summed E-state index contributed by atoms with van der Waals surface area (Å²) in [6.07, 6.45) is -2.90. The summed E-state index contributed by atoms with van der Waals surface area (Å²) in [6.45, 7) is 5.87. The number of phenols is 1. The molecule has 0 aliphatic heterocycles. The fourth-order valence-electron chi connectivity index (χ4n) is 3.08. The molecule has 0 bridgehead atoms. The van der Waals surface area contributed by atoms with Crippen molar-refractivity contribution in [1.82, 2.24) is 0 Å². The molecule has 0 spiro atoms. The number of hydrogen-bond acceptors (Lipinski definition) is 8. The van der Waals surface area contributed by atoms with Gasteiger partial charge in [0.2, 0.25) is 5.78 Å². The van der Waals surface area contributed by atoms with Gasteiger partial charge in [0.15, 0.2) is 6.10 Å². The SMILES string of the molecule is COC(=O)c1c(C)cc(O)c(C)c1O[C@H]1C(=O)C(C)=C(O)[C@@H](O)[C@]1(C)OC. The molecule has 8 nitrogen and oxygen atoms in total. The summed E-state index contributed by atoms with van der Waals surface area (Å²) in [5, 5.41) is 30.6. The van der Waals surface area contributed by atoms with E-state index in [1.165, 1.54) is 41.1 Å². The smallest absolute Gasteiger partial charge is 0.341 e. The highest BCUT2D eigenvalue weighted by Crippen LogP contribution is 2.40.